The first kappa shape index (κ1) is 14.5. The van der Waals surface area contributed by atoms with Crippen LogP contribution in [0.1, 0.15) is 50.3 Å². The highest BCUT2D eigenvalue weighted by Crippen LogP contribution is 2.40. The fourth-order valence-electron chi connectivity index (χ4n) is 3.36. The van der Waals surface area contributed by atoms with E-state index in [-0.39, 0.29) is 0 Å². The van der Waals surface area contributed by atoms with Crippen molar-refractivity contribution in [2.75, 3.05) is 19.6 Å². The predicted molar refractivity (Wildman–Crippen MR) is 80.0 cm³/mol. The standard InChI is InChI=1S/C16H27N3/c1-4-16(5-2)7-9-19(12-16)15(10-17)14-11-18-8-6-13(14)3/h6,8,11,15H,4-5,7,9-10,12,17H2,1-3H3. The van der Waals surface area contributed by atoms with Gasteiger partial charge in [-0.2, -0.15) is 0 Å². The number of hydrogen-bond donors (Lipinski definition) is 1. The highest BCUT2D eigenvalue weighted by atomic mass is 15.2. The van der Waals surface area contributed by atoms with Crippen molar-refractivity contribution >= 4 is 0 Å². The molecule has 0 spiro atoms. The van der Waals surface area contributed by atoms with Crippen molar-refractivity contribution in [3.8, 4) is 0 Å². The summed E-state index contributed by atoms with van der Waals surface area (Å²) in [5.41, 5.74) is 9.16. The minimum atomic E-state index is 0.327. The molecule has 1 aliphatic heterocycles. The van der Waals surface area contributed by atoms with Crippen LogP contribution >= 0.6 is 0 Å². The molecule has 1 saturated heterocycles. The number of pyridine rings is 1. The van der Waals surface area contributed by atoms with E-state index in [1.54, 1.807) is 0 Å². The molecule has 0 radical (unpaired) electrons. The van der Waals surface area contributed by atoms with Crippen molar-refractivity contribution in [3.63, 3.8) is 0 Å². The van der Waals surface area contributed by atoms with Crippen LogP contribution in [0.25, 0.3) is 0 Å². The van der Waals surface area contributed by atoms with Gasteiger partial charge >= 0.3 is 0 Å². The molecule has 0 saturated carbocycles. The van der Waals surface area contributed by atoms with Crippen LogP contribution in [0.3, 0.4) is 0 Å². The highest BCUT2D eigenvalue weighted by molar-refractivity contribution is 5.26. The van der Waals surface area contributed by atoms with Gasteiger partial charge in [0.1, 0.15) is 0 Å². The molecular formula is C16H27N3. The van der Waals surface area contributed by atoms with Crippen molar-refractivity contribution < 1.29 is 0 Å². The van der Waals surface area contributed by atoms with Crippen molar-refractivity contribution in [2.24, 2.45) is 11.1 Å². The van der Waals surface area contributed by atoms with Crippen LogP contribution in [0.4, 0.5) is 0 Å². The number of aryl methyl sites for hydroxylation is 1. The number of rotatable bonds is 5. The van der Waals surface area contributed by atoms with E-state index >= 15 is 0 Å². The van der Waals surface area contributed by atoms with Crippen molar-refractivity contribution in [1.82, 2.24) is 9.88 Å². The van der Waals surface area contributed by atoms with E-state index in [0.29, 0.717) is 18.0 Å². The summed E-state index contributed by atoms with van der Waals surface area (Å²) in [4.78, 5) is 6.85. The molecule has 19 heavy (non-hydrogen) atoms. The molecule has 1 aliphatic rings. The average Bonchev–Trinajstić information content (AvgIpc) is 2.87. The lowest BCUT2D eigenvalue weighted by Crippen LogP contribution is -2.34. The molecule has 2 rings (SSSR count). The smallest absolute Gasteiger partial charge is 0.0488 e. The Balaban J connectivity index is 2.19. The van der Waals surface area contributed by atoms with E-state index in [1.165, 1.54) is 36.9 Å². The minimum absolute atomic E-state index is 0.327. The molecule has 0 bridgehead atoms. The van der Waals surface area contributed by atoms with Gasteiger partial charge in [0.05, 0.1) is 0 Å². The van der Waals surface area contributed by atoms with E-state index in [4.69, 9.17) is 5.73 Å². The molecule has 2 N–H and O–H groups in total. The molecule has 0 aromatic carbocycles. The Morgan fingerprint density at radius 2 is 2.16 bits per heavy atom. The maximum Gasteiger partial charge on any atom is 0.0488 e. The molecule has 3 nitrogen and oxygen atoms in total. The second-order valence-electron chi connectivity index (χ2n) is 5.91. The third-order valence-corrected chi connectivity index (χ3v) is 5.07. The Bertz CT molecular complexity index is 412. The van der Waals surface area contributed by atoms with Gasteiger partial charge in [-0.05, 0) is 55.3 Å². The summed E-state index contributed by atoms with van der Waals surface area (Å²) in [5, 5.41) is 0. The third-order valence-electron chi connectivity index (χ3n) is 5.07. The fourth-order valence-corrected chi connectivity index (χ4v) is 3.36. The van der Waals surface area contributed by atoms with Gasteiger partial charge in [-0.1, -0.05) is 13.8 Å². The van der Waals surface area contributed by atoms with Crippen LogP contribution in [-0.4, -0.2) is 29.5 Å². The molecule has 106 valence electrons. The summed E-state index contributed by atoms with van der Waals surface area (Å²) >= 11 is 0. The van der Waals surface area contributed by atoms with Gasteiger partial charge in [0, 0.05) is 31.5 Å². The van der Waals surface area contributed by atoms with Crippen LogP contribution in [0.15, 0.2) is 18.5 Å². The topological polar surface area (TPSA) is 42.1 Å². The molecule has 1 unspecified atom stereocenters. The van der Waals surface area contributed by atoms with E-state index < -0.39 is 0 Å². The fraction of sp³-hybridized carbons (Fsp3) is 0.688. The molecular weight excluding hydrogens is 234 g/mol. The van der Waals surface area contributed by atoms with Gasteiger partial charge in [0.2, 0.25) is 0 Å². The van der Waals surface area contributed by atoms with Crippen LogP contribution < -0.4 is 5.73 Å². The Labute approximate surface area is 117 Å². The molecule has 0 aliphatic carbocycles. The van der Waals surface area contributed by atoms with E-state index in [0.717, 1.165) is 6.54 Å². The lowest BCUT2D eigenvalue weighted by atomic mass is 9.82. The lowest BCUT2D eigenvalue weighted by Gasteiger charge is -2.31. The van der Waals surface area contributed by atoms with Crippen LogP contribution in [-0.2, 0) is 0 Å². The Kier molecular flexibility index (Phi) is 4.58. The van der Waals surface area contributed by atoms with Crippen LogP contribution in [0.2, 0.25) is 0 Å². The zero-order valence-corrected chi connectivity index (χ0v) is 12.5. The Morgan fingerprint density at radius 1 is 1.42 bits per heavy atom. The highest BCUT2D eigenvalue weighted by Gasteiger charge is 2.38. The van der Waals surface area contributed by atoms with E-state index in [9.17, 15) is 0 Å². The van der Waals surface area contributed by atoms with Crippen LogP contribution in [0, 0.1) is 12.3 Å². The van der Waals surface area contributed by atoms with Gasteiger partial charge < -0.3 is 5.73 Å². The second-order valence-corrected chi connectivity index (χ2v) is 5.91. The monoisotopic (exact) mass is 261 g/mol. The first-order valence-corrected chi connectivity index (χ1v) is 7.50. The molecule has 1 aromatic heterocycles. The summed E-state index contributed by atoms with van der Waals surface area (Å²) in [6.07, 6.45) is 7.69. The zero-order chi connectivity index (χ0) is 13.9. The van der Waals surface area contributed by atoms with E-state index in [1.807, 2.05) is 12.4 Å². The average molecular weight is 261 g/mol. The molecule has 1 atom stereocenters. The summed E-state index contributed by atoms with van der Waals surface area (Å²) in [7, 11) is 0. The number of hydrogen-bond acceptors (Lipinski definition) is 3. The van der Waals surface area contributed by atoms with Crippen LogP contribution in [0.5, 0.6) is 0 Å². The third kappa shape index (κ3) is 2.82. The molecule has 3 heteroatoms. The lowest BCUT2D eigenvalue weighted by molar-refractivity contribution is 0.197. The quantitative estimate of drug-likeness (QED) is 0.886. The first-order chi connectivity index (χ1) is 9.15. The number of nitrogens with two attached hydrogens (primary N) is 1. The van der Waals surface area contributed by atoms with Crippen molar-refractivity contribution in [2.45, 2.75) is 46.1 Å². The first-order valence-electron chi connectivity index (χ1n) is 7.50. The van der Waals surface area contributed by atoms with Gasteiger partial charge in [0.15, 0.2) is 0 Å². The van der Waals surface area contributed by atoms with E-state index in [2.05, 4.69) is 36.7 Å². The zero-order valence-electron chi connectivity index (χ0n) is 12.5. The number of aromatic nitrogens is 1. The summed E-state index contributed by atoms with van der Waals surface area (Å²) in [6, 6.07) is 2.41. The SMILES string of the molecule is CCC1(CC)CCN(C(CN)c2cnccc2C)C1. The molecule has 1 fully saturated rings. The van der Waals surface area contributed by atoms with Gasteiger partial charge in [-0.15, -0.1) is 0 Å². The molecule has 0 amide bonds. The second kappa shape index (κ2) is 6.02. The molecule has 2 heterocycles. The van der Waals surface area contributed by atoms with Crippen molar-refractivity contribution in [3.05, 3.63) is 29.6 Å². The maximum atomic E-state index is 6.06. The number of nitrogens with zero attached hydrogens (tertiary/aromatic N) is 2. The summed E-state index contributed by atoms with van der Waals surface area (Å²) < 4.78 is 0. The Morgan fingerprint density at radius 3 is 2.68 bits per heavy atom. The maximum absolute atomic E-state index is 6.06. The van der Waals surface area contributed by atoms with Gasteiger partial charge in [-0.25, -0.2) is 0 Å². The Hall–Kier alpha value is -0.930. The summed E-state index contributed by atoms with van der Waals surface area (Å²) in [5.74, 6) is 0. The summed E-state index contributed by atoms with van der Waals surface area (Å²) in [6.45, 7) is 9.81. The van der Waals surface area contributed by atoms with Gasteiger partial charge in [0.25, 0.3) is 0 Å². The number of likely N-dealkylation sites (tertiary alicyclic amines) is 1. The predicted octanol–water partition coefficient (Wildman–Crippen LogP) is 2.90. The molecule has 1 aromatic rings. The normalized spacial score (nSPS) is 20.6. The largest absolute Gasteiger partial charge is 0.329 e. The van der Waals surface area contributed by atoms with Gasteiger partial charge in [-0.3, -0.25) is 9.88 Å². The minimum Gasteiger partial charge on any atom is -0.329 e. The van der Waals surface area contributed by atoms with Crippen molar-refractivity contribution in [1.29, 1.82) is 0 Å².